The van der Waals surface area contributed by atoms with Crippen LogP contribution in [0.4, 0.5) is 0 Å². The van der Waals surface area contributed by atoms with Crippen molar-refractivity contribution in [2.24, 2.45) is 5.10 Å². The fourth-order valence-corrected chi connectivity index (χ4v) is 2.46. The summed E-state index contributed by atoms with van der Waals surface area (Å²) in [5.74, 6) is -0.205. The first kappa shape index (κ1) is 16.7. The number of carbonyl (C=O) groups is 1. The summed E-state index contributed by atoms with van der Waals surface area (Å²) in [5.41, 5.74) is 5.50. The Morgan fingerprint density at radius 3 is 2.84 bits per heavy atom. The molecule has 25 heavy (non-hydrogen) atoms. The lowest BCUT2D eigenvalue weighted by atomic mass is 10.1. The molecule has 7 heteroatoms. The number of nitrogens with zero attached hydrogens (tertiary/aromatic N) is 2. The molecular weight excluding hydrogens is 340 g/mol. The molecule has 0 unspecified atom stereocenters. The van der Waals surface area contributed by atoms with Gasteiger partial charge in [-0.1, -0.05) is 29.8 Å². The fraction of sp³-hybridized carbons (Fsp3) is 0.0556. The van der Waals surface area contributed by atoms with Crippen LogP contribution in [0.3, 0.4) is 0 Å². The normalized spacial score (nSPS) is 11.0. The van der Waals surface area contributed by atoms with Gasteiger partial charge in [0.05, 0.1) is 16.9 Å². The number of aromatic amines is 1. The summed E-state index contributed by atoms with van der Waals surface area (Å²) in [6.07, 6.45) is 1.50. The molecule has 0 saturated carbocycles. The molecule has 0 aliphatic rings. The Morgan fingerprint density at radius 2 is 2.08 bits per heavy atom. The Kier molecular flexibility index (Phi) is 4.81. The van der Waals surface area contributed by atoms with E-state index in [1.54, 1.807) is 37.3 Å². The smallest absolute Gasteiger partial charge is 0.289 e. The second-order valence-electron chi connectivity index (χ2n) is 5.39. The number of halogens is 1. The predicted octanol–water partition coefficient (Wildman–Crippen LogP) is 3.51. The van der Waals surface area contributed by atoms with Gasteiger partial charge in [0.1, 0.15) is 11.4 Å². The molecular formula is C18H15ClN4O2. The average molecular weight is 355 g/mol. The quantitative estimate of drug-likeness (QED) is 0.494. The van der Waals surface area contributed by atoms with E-state index in [2.05, 4.69) is 20.7 Å². The number of amides is 1. The summed E-state index contributed by atoms with van der Waals surface area (Å²) in [6, 6.07) is 13.9. The van der Waals surface area contributed by atoms with Gasteiger partial charge in [-0.3, -0.25) is 9.89 Å². The minimum Gasteiger partial charge on any atom is -0.508 e. The van der Waals surface area contributed by atoms with E-state index in [4.69, 9.17) is 11.6 Å². The third-order valence-corrected chi connectivity index (χ3v) is 3.90. The molecule has 0 spiro atoms. The number of nitrogens with one attached hydrogen (secondary N) is 2. The molecule has 1 aromatic heterocycles. The molecule has 0 aliphatic carbocycles. The molecule has 1 heterocycles. The van der Waals surface area contributed by atoms with E-state index in [-0.39, 0.29) is 11.4 Å². The minimum atomic E-state index is -0.419. The van der Waals surface area contributed by atoms with Gasteiger partial charge in [-0.05, 0) is 48.4 Å². The number of hydrogen-bond donors (Lipinski definition) is 3. The van der Waals surface area contributed by atoms with Crippen molar-refractivity contribution in [2.75, 3.05) is 0 Å². The first-order valence-corrected chi connectivity index (χ1v) is 7.86. The van der Waals surface area contributed by atoms with Gasteiger partial charge in [-0.2, -0.15) is 10.2 Å². The lowest BCUT2D eigenvalue weighted by Gasteiger charge is -2.00. The summed E-state index contributed by atoms with van der Waals surface area (Å²) < 4.78 is 0. The number of aromatic hydroxyl groups is 1. The molecule has 2 aromatic carbocycles. The second kappa shape index (κ2) is 7.19. The fourth-order valence-electron chi connectivity index (χ4n) is 2.23. The molecule has 6 nitrogen and oxygen atoms in total. The zero-order valence-corrected chi connectivity index (χ0v) is 14.1. The van der Waals surface area contributed by atoms with Crippen molar-refractivity contribution in [1.82, 2.24) is 15.6 Å². The Morgan fingerprint density at radius 1 is 1.28 bits per heavy atom. The van der Waals surface area contributed by atoms with Crippen molar-refractivity contribution >= 4 is 23.7 Å². The second-order valence-corrected chi connectivity index (χ2v) is 5.80. The maximum absolute atomic E-state index is 12.1. The number of hydrogen-bond acceptors (Lipinski definition) is 4. The van der Waals surface area contributed by atoms with Gasteiger partial charge in [0, 0.05) is 5.56 Å². The zero-order chi connectivity index (χ0) is 17.8. The average Bonchev–Trinajstić information content (AvgIpc) is 3.08. The number of aromatic nitrogens is 2. The lowest BCUT2D eigenvalue weighted by molar-refractivity contribution is 0.0950. The summed E-state index contributed by atoms with van der Waals surface area (Å²) in [4.78, 5) is 12.1. The summed E-state index contributed by atoms with van der Waals surface area (Å²) >= 11 is 6.13. The molecule has 0 bridgehead atoms. The number of phenols is 1. The van der Waals surface area contributed by atoms with Crippen molar-refractivity contribution in [3.05, 3.63) is 70.4 Å². The Hall–Kier alpha value is -3.12. The monoisotopic (exact) mass is 354 g/mol. The van der Waals surface area contributed by atoms with Crippen molar-refractivity contribution in [1.29, 1.82) is 0 Å². The number of hydrazone groups is 1. The van der Waals surface area contributed by atoms with Gasteiger partial charge in [0.15, 0.2) is 0 Å². The molecule has 3 aromatic rings. The zero-order valence-electron chi connectivity index (χ0n) is 13.3. The predicted molar refractivity (Wildman–Crippen MR) is 96.9 cm³/mol. The molecule has 0 saturated heterocycles. The standard InChI is InChI=1S/C18H15ClN4O2/c1-11-8-12(6-7-17(11)24)10-20-23-18(25)16-9-15(21-22-16)13-4-2-3-5-14(13)19/h2-10,24H,1H3,(H,21,22)(H,23,25)/b20-10+. The van der Waals surface area contributed by atoms with Gasteiger partial charge in [-0.15, -0.1) is 0 Å². The summed E-state index contributed by atoms with van der Waals surface area (Å²) in [6.45, 7) is 1.78. The molecule has 3 N–H and O–H groups in total. The summed E-state index contributed by atoms with van der Waals surface area (Å²) in [7, 11) is 0. The largest absolute Gasteiger partial charge is 0.508 e. The Balaban J connectivity index is 1.69. The first-order chi connectivity index (χ1) is 12.0. The van der Waals surface area contributed by atoms with Crippen LogP contribution in [-0.2, 0) is 0 Å². The lowest BCUT2D eigenvalue weighted by Crippen LogP contribution is -2.18. The van der Waals surface area contributed by atoms with Crippen molar-refractivity contribution in [2.45, 2.75) is 6.92 Å². The van der Waals surface area contributed by atoms with E-state index in [1.807, 2.05) is 18.2 Å². The molecule has 126 valence electrons. The maximum atomic E-state index is 12.1. The van der Waals surface area contributed by atoms with Gasteiger partial charge in [-0.25, -0.2) is 5.43 Å². The highest BCUT2D eigenvalue weighted by atomic mass is 35.5. The van der Waals surface area contributed by atoms with E-state index in [9.17, 15) is 9.90 Å². The molecule has 0 aliphatic heterocycles. The van der Waals surface area contributed by atoms with Gasteiger partial charge >= 0.3 is 0 Å². The van der Waals surface area contributed by atoms with Crippen LogP contribution < -0.4 is 5.43 Å². The Bertz CT molecular complexity index is 950. The van der Waals surface area contributed by atoms with Gasteiger partial charge in [0.2, 0.25) is 0 Å². The highest BCUT2D eigenvalue weighted by molar-refractivity contribution is 6.33. The van der Waals surface area contributed by atoms with Crippen LogP contribution in [0.15, 0.2) is 53.6 Å². The number of H-pyrrole nitrogens is 1. The number of carbonyl (C=O) groups excluding carboxylic acids is 1. The van der Waals surface area contributed by atoms with Gasteiger partial charge < -0.3 is 5.11 Å². The summed E-state index contributed by atoms with van der Waals surface area (Å²) in [5, 5.41) is 20.7. The first-order valence-electron chi connectivity index (χ1n) is 7.48. The van der Waals surface area contributed by atoms with E-state index in [0.29, 0.717) is 10.7 Å². The molecule has 0 atom stereocenters. The van der Waals surface area contributed by atoms with E-state index in [0.717, 1.165) is 16.7 Å². The SMILES string of the molecule is Cc1cc(/C=N/NC(=O)c2cc(-c3ccccc3Cl)n[nH]2)ccc1O. The molecule has 3 rings (SSSR count). The number of benzene rings is 2. The Labute approximate surface area is 149 Å². The van der Waals surface area contributed by atoms with Gasteiger partial charge in [0.25, 0.3) is 5.91 Å². The molecule has 0 fully saturated rings. The van der Waals surface area contributed by atoms with Crippen LogP contribution in [0.1, 0.15) is 21.6 Å². The van der Waals surface area contributed by atoms with Crippen LogP contribution in [0.2, 0.25) is 5.02 Å². The van der Waals surface area contributed by atoms with Crippen molar-refractivity contribution in [3.8, 4) is 17.0 Å². The van der Waals surface area contributed by atoms with Crippen LogP contribution in [0.25, 0.3) is 11.3 Å². The van der Waals surface area contributed by atoms with Crippen LogP contribution in [0.5, 0.6) is 5.75 Å². The highest BCUT2D eigenvalue weighted by Gasteiger charge is 2.12. The van der Waals surface area contributed by atoms with Crippen molar-refractivity contribution in [3.63, 3.8) is 0 Å². The topological polar surface area (TPSA) is 90.4 Å². The third kappa shape index (κ3) is 3.87. The van der Waals surface area contributed by atoms with E-state index in [1.165, 1.54) is 6.21 Å². The number of rotatable bonds is 4. The number of phenolic OH excluding ortho intramolecular Hbond substituents is 1. The highest BCUT2D eigenvalue weighted by Crippen LogP contribution is 2.26. The van der Waals surface area contributed by atoms with Crippen LogP contribution >= 0.6 is 11.6 Å². The van der Waals surface area contributed by atoms with Crippen LogP contribution in [-0.4, -0.2) is 27.4 Å². The van der Waals surface area contributed by atoms with Crippen molar-refractivity contribution < 1.29 is 9.90 Å². The minimum absolute atomic E-state index is 0.214. The van der Waals surface area contributed by atoms with E-state index >= 15 is 0 Å². The third-order valence-electron chi connectivity index (χ3n) is 3.57. The maximum Gasteiger partial charge on any atom is 0.289 e. The molecule has 0 radical (unpaired) electrons. The number of aryl methyl sites for hydroxylation is 1. The van der Waals surface area contributed by atoms with Crippen LogP contribution in [0, 0.1) is 6.92 Å². The van der Waals surface area contributed by atoms with E-state index < -0.39 is 5.91 Å². The molecule has 1 amide bonds.